The van der Waals surface area contributed by atoms with Gasteiger partial charge in [-0.1, -0.05) is 48.5 Å². The average molecular weight is 490 g/mol. The Morgan fingerprint density at radius 2 is 1.66 bits per heavy atom. The summed E-state index contributed by atoms with van der Waals surface area (Å²) >= 11 is 1.23. The van der Waals surface area contributed by atoms with Crippen molar-refractivity contribution in [1.82, 2.24) is 15.2 Å². The van der Waals surface area contributed by atoms with Crippen LogP contribution in [-0.2, 0) is 16.1 Å². The molecular weight excluding hydrogens is 466 g/mol. The lowest BCUT2D eigenvalue weighted by Gasteiger charge is -2.17. The summed E-state index contributed by atoms with van der Waals surface area (Å²) in [6.07, 6.45) is 0.981. The number of likely N-dealkylation sites (tertiary alicyclic amines) is 1. The highest BCUT2D eigenvalue weighted by atomic mass is 32.1. The van der Waals surface area contributed by atoms with Gasteiger partial charge >= 0.3 is 12.1 Å². The lowest BCUT2D eigenvalue weighted by Crippen LogP contribution is -2.32. The Kier molecular flexibility index (Phi) is 5.29. The Morgan fingerprint density at radius 1 is 1.03 bits per heavy atom. The molecule has 6 rings (SSSR count). The number of aliphatic carboxylic acids is 1. The minimum atomic E-state index is -0.772. The molecule has 1 saturated carbocycles. The van der Waals surface area contributed by atoms with Gasteiger partial charge in [0.25, 0.3) is 5.91 Å². The molecule has 3 atom stereocenters. The largest absolute Gasteiger partial charge is 0.481 e. The summed E-state index contributed by atoms with van der Waals surface area (Å²) in [4.78, 5) is 42.7. The number of aromatic nitrogens is 1. The standard InChI is InChI=1S/C26H23N3O5S/c30-24(29-11-18-19(12-29)23(18)25(31)32)21-9-27-22(35-21)10-28-26(33)34-13-20-16-7-3-1-5-14(16)15-6-2-4-8-17(15)20/h1-9,18-20,23H,10-13H2,(H,28,33)(H,31,32)/t18-,19+,23?. The van der Waals surface area contributed by atoms with Gasteiger partial charge in [-0.25, -0.2) is 9.78 Å². The van der Waals surface area contributed by atoms with E-state index in [1.165, 1.54) is 28.7 Å². The first-order valence-corrected chi connectivity index (χ1v) is 12.4. The number of alkyl carbamates (subject to hydrolysis) is 1. The van der Waals surface area contributed by atoms with Crippen LogP contribution >= 0.6 is 11.3 Å². The molecule has 178 valence electrons. The maximum atomic E-state index is 12.7. The number of hydrogen-bond donors (Lipinski definition) is 2. The van der Waals surface area contributed by atoms with Crippen molar-refractivity contribution in [2.45, 2.75) is 12.5 Å². The first-order valence-electron chi connectivity index (χ1n) is 11.6. The predicted octanol–water partition coefficient (Wildman–Crippen LogP) is 3.58. The van der Waals surface area contributed by atoms with Crippen LogP contribution in [-0.4, -0.2) is 52.7 Å². The van der Waals surface area contributed by atoms with Gasteiger partial charge in [0.15, 0.2) is 0 Å². The van der Waals surface area contributed by atoms with Crippen LogP contribution in [0.15, 0.2) is 54.7 Å². The van der Waals surface area contributed by atoms with Crippen molar-refractivity contribution in [2.75, 3.05) is 19.7 Å². The molecule has 1 aromatic heterocycles. The van der Waals surface area contributed by atoms with E-state index in [0.29, 0.717) is 23.0 Å². The van der Waals surface area contributed by atoms with E-state index in [4.69, 9.17) is 9.84 Å². The molecule has 0 spiro atoms. The van der Waals surface area contributed by atoms with Gasteiger partial charge in [-0.15, -0.1) is 11.3 Å². The van der Waals surface area contributed by atoms with Crippen molar-refractivity contribution in [2.24, 2.45) is 17.8 Å². The molecule has 2 heterocycles. The summed E-state index contributed by atoms with van der Waals surface area (Å²) in [5, 5.41) is 12.5. The number of carboxylic acid groups (broad SMARTS) is 1. The second kappa shape index (κ2) is 8.49. The first-order chi connectivity index (χ1) is 17.0. The van der Waals surface area contributed by atoms with Gasteiger partial charge in [0.2, 0.25) is 0 Å². The molecule has 2 aromatic carbocycles. The molecule has 1 unspecified atom stereocenters. The lowest BCUT2D eigenvalue weighted by molar-refractivity contribution is -0.139. The van der Waals surface area contributed by atoms with Crippen molar-refractivity contribution in [1.29, 1.82) is 0 Å². The zero-order valence-corrected chi connectivity index (χ0v) is 19.5. The molecule has 2 amide bonds. The number of carboxylic acids is 1. The molecular formula is C26H23N3O5S. The van der Waals surface area contributed by atoms with E-state index in [-0.39, 0.29) is 42.7 Å². The first kappa shape index (κ1) is 21.8. The summed E-state index contributed by atoms with van der Waals surface area (Å²) in [7, 11) is 0. The predicted molar refractivity (Wildman–Crippen MR) is 128 cm³/mol. The molecule has 8 nitrogen and oxygen atoms in total. The van der Waals surface area contributed by atoms with Crippen LogP contribution in [0, 0.1) is 17.8 Å². The van der Waals surface area contributed by atoms with E-state index >= 15 is 0 Å². The molecule has 2 N–H and O–H groups in total. The van der Waals surface area contributed by atoms with Gasteiger partial charge < -0.3 is 20.1 Å². The van der Waals surface area contributed by atoms with Crippen molar-refractivity contribution in [3.8, 4) is 11.1 Å². The second-order valence-electron chi connectivity index (χ2n) is 9.20. The van der Waals surface area contributed by atoms with Crippen LogP contribution in [0.1, 0.15) is 31.7 Å². The molecule has 9 heteroatoms. The second-order valence-corrected chi connectivity index (χ2v) is 10.3. The van der Waals surface area contributed by atoms with Crippen molar-refractivity contribution in [3.05, 3.63) is 75.7 Å². The van der Waals surface area contributed by atoms with Crippen molar-refractivity contribution in [3.63, 3.8) is 0 Å². The van der Waals surface area contributed by atoms with E-state index in [1.807, 2.05) is 24.3 Å². The Balaban J connectivity index is 1.02. The molecule has 2 aliphatic carbocycles. The number of carbonyl (C=O) groups excluding carboxylic acids is 2. The number of fused-ring (bicyclic) bond motifs is 4. The number of nitrogens with one attached hydrogen (secondary N) is 1. The van der Waals surface area contributed by atoms with Gasteiger partial charge in [-0.2, -0.15) is 0 Å². The monoisotopic (exact) mass is 489 g/mol. The summed E-state index contributed by atoms with van der Waals surface area (Å²) in [6, 6.07) is 16.3. The summed E-state index contributed by atoms with van der Waals surface area (Å²) < 4.78 is 5.55. The van der Waals surface area contributed by atoms with Gasteiger partial charge in [0.1, 0.15) is 16.5 Å². The molecule has 3 aliphatic rings. The SMILES string of the molecule is O=C(NCc1ncc(C(=O)N2C[C@@H]3C(C(=O)O)[C@@H]3C2)s1)OCC1c2ccccc2-c2ccccc21. The average Bonchev–Trinajstić information content (AvgIpc) is 3.23. The Bertz CT molecular complexity index is 1280. The number of thiazole rings is 1. The number of carbonyl (C=O) groups is 3. The Labute approximate surface area is 205 Å². The summed E-state index contributed by atoms with van der Waals surface area (Å²) in [5.41, 5.74) is 4.65. The van der Waals surface area contributed by atoms with Gasteiger partial charge in [0, 0.05) is 19.0 Å². The van der Waals surface area contributed by atoms with Gasteiger partial charge in [-0.3, -0.25) is 9.59 Å². The fourth-order valence-electron chi connectivity index (χ4n) is 5.50. The Hall–Kier alpha value is -3.72. The fourth-order valence-corrected chi connectivity index (χ4v) is 6.33. The zero-order chi connectivity index (χ0) is 24.1. The van der Waals surface area contributed by atoms with Crippen LogP contribution in [0.4, 0.5) is 4.79 Å². The number of hydrogen-bond acceptors (Lipinski definition) is 6. The maximum absolute atomic E-state index is 12.7. The minimum absolute atomic E-state index is 0.00960. The van der Waals surface area contributed by atoms with Gasteiger partial charge in [-0.05, 0) is 34.1 Å². The number of benzene rings is 2. The summed E-state index contributed by atoms with van der Waals surface area (Å²) in [5.74, 6) is -1.09. The van der Waals surface area contributed by atoms with Gasteiger partial charge in [0.05, 0.1) is 18.7 Å². The molecule has 3 aromatic rings. The molecule has 2 fully saturated rings. The zero-order valence-electron chi connectivity index (χ0n) is 18.7. The van der Waals surface area contributed by atoms with Crippen LogP contribution in [0.5, 0.6) is 0 Å². The number of ether oxygens (including phenoxy) is 1. The highest BCUT2D eigenvalue weighted by molar-refractivity contribution is 7.13. The van der Waals surface area contributed by atoms with Crippen LogP contribution in [0.2, 0.25) is 0 Å². The quantitative estimate of drug-likeness (QED) is 0.548. The number of amides is 2. The molecule has 0 bridgehead atoms. The molecule has 1 saturated heterocycles. The number of piperidine rings is 1. The van der Waals surface area contributed by atoms with Crippen LogP contribution in [0.25, 0.3) is 11.1 Å². The summed E-state index contributed by atoms with van der Waals surface area (Å²) in [6.45, 7) is 1.36. The van der Waals surface area contributed by atoms with Crippen molar-refractivity contribution < 1.29 is 24.2 Å². The maximum Gasteiger partial charge on any atom is 0.407 e. The lowest BCUT2D eigenvalue weighted by atomic mass is 9.98. The van der Waals surface area contributed by atoms with Crippen molar-refractivity contribution >= 4 is 29.3 Å². The third-order valence-corrected chi connectivity index (χ3v) is 8.24. The normalized spacial score (nSPS) is 21.7. The molecule has 0 radical (unpaired) electrons. The molecule has 35 heavy (non-hydrogen) atoms. The van der Waals surface area contributed by atoms with E-state index < -0.39 is 12.1 Å². The van der Waals surface area contributed by atoms with E-state index in [1.54, 1.807) is 4.90 Å². The number of nitrogens with zero attached hydrogens (tertiary/aromatic N) is 2. The van der Waals surface area contributed by atoms with E-state index in [0.717, 1.165) is 11.1 Å². The highest BCUT2D eigenvalue weighted by Crippen LogP contribution is 2.52. The topological polar surface area (TPSA) is 109 Å². The van der Waals surface area contributed by atoms with E-state index in [9.17, 15) is 14.4 Å². The van der Waals surface area contributed by atoms with E-state index in [2.05, 4.69) is 34.6 Å². The third-order valence-electron chi connectivity index (χ3n) is 7.26. The third kappa shape index (κ3) is 3.85. The number of rotatable bonds is 6. The highest BCUT2D eigenvalue weighted by Gasteiger charge is 2.60. The molecule has 1 aliphatic heterocycles. The Morgan fingerprint density at radius 3 is 2.29 bits per heavy atom. The smallest absolute Gasteiger partial charge is 0.407 e. The fraction of sp³-hybridized carbons (Fsp3) is 0.308. The van der Waals surface area contributed by atoms with Crippen LogP contribution < -0.4 is 5.32 Å². The van der Waals surface area contributed by atoms with Crippen LogP contribution in [0.3, 0.4) is 0 Å². The minimum Gasteiger partial charge on any atom is -0.481 e.